The monoisotopic (exact) mass is 297 g/mol. The zero-order valence-electron chi connectivity index (χ0n) is 12.9. The van der Waals surface area contributed by atoms with E-state index < -0.39 is 0 Å². The second-order valence-corrected chi connectivity index (χ2v) is 4.64. The first kappa shape index (κ1) is 17.9. The van der Waals surface area contributed by atoms with Gasteiger partial charge in [-0.25, -0.2) is 0 Å². The Hall–Kier alpha value is -1.14. The largest absolute Gasteiger partial charge is 0.494 e. The van der Waals surface area contributed by atoms with E-state index >= 15 is 0 Å². The number of benzene rings is 1. The van der Waals surface area contributed by atoms with Gasteiger partial charge in [-0.2, -0.15) is 0 Å². The molecule has 0 aliphatic carbocycles. The van der Waals surface area contributed by atoms with E-state index in [1.807, 2.05) is 24.3 Å². The molecule has 0 unspecified atom stereocenters. The van der Waals surface area contributed by atoms with Crippen LogP contribution in [0.3, 0.4) is 0 Å². The molecule has 0 fully saturated rings. The van der Waals surface area contributed by atoms with Crippen molar-refractivity contribution >= 4 is 0 Å². The van der Waals surface area contributed by atoms with Crippen LogP contribution < -0.4 is 10.5 Å². The number of rotatable bonds is 13. The molecule has 5 nitrogen and oxygen atoms in total. The van der Waals surface area contributed by atoms with Crippen LogP contribution in [-0.2, 0) is 14.2 Å². The minimum absolute atomic E-state index is 0.549. The summed E-state index contributed by atoms with van der Waals surface area (Å²) in [5, 5.41) is 0. The molecule has 0 amide bonds. The van der Waals surface area contributed by atoms with Gasteiger partial charge in [-0.3, -0.25) is 0 Å². The van der Waals surface area contributed by atoms with Crippen molar-refractivity contribution in [2.24, 2.45) is 5.73 Å². The molecule has 0 aromatic heterocycles. The molecule has 0 aliphatic rings. The minimum Gasteiger partial charge on any atom is -0.494 e. The van der Waals surface area contributed by atoms with E-state index in [0.29, 0.717) is 52.8 Å². The molecule has 1 aromatic rings. The van der Waals surface area contributed by atoms with Crippen LogP contribution in [0.1, 0.15) is 12.0 Å². The van der Waals surface area contributed by atoms with Crippen LogP contribution in [-0.4, -0.2) is 52.8 Å². The predicted molar refractivity (Wildman–Crippen MR) is 82.8 cm³/mol. The molecular weight excluding hydrogens is 270 g/mol. The Morgan fingerprint density at radius 3 is 1.95 bits per heavy atom. The van der Waals surface area contributed by atoms with E-state index in [2.05, 4.69) is 6.92 Å². The van der Waals surface area contributed by atoms with Crippen LogP contribution in [0.4, 0.5) is 0 Å². The molecule has 120 valence electrons. The second-order valence-electron chi connectivity index (χ2n) is 4.64. The van der Waals surface area contributed by atoms with Crippen molar-refractivity contribution in [3.8, 4) is 5.75 Å². The highest BCUT2D eigenvalue weighted by atomic mass is 16.5. The second kappa shape index (κ2) is 12.6. The van der Waals surface area contributed by atoms with Crippen LogP contribution in [0.2, 0.25) is 0 Å². The van der Waals surface area contributed by atoms with Crippen LogP contribution in [0.5, 0.6) is 5.75 Å². The standard InChI is InChI=1S/C16H27NO4/c1-15-3-5-16(6-4-15)21-9-2-8-18-11-13-20-14-12-19-10-7-17/h3-6H,2,7-14,17H2,1H3. The fourth-order valence-electron chi connectivity index (χ4n) is 1.61. The molecule has 0 atom stereocenters. The number of aryl methyl sites for hydroxylation is 1. The summed E-state index contributed by atoms with van der Waals surface area (Å²) in [6.45, 7) is 6.89. The maximum atomic E-state index is 5.61. The summed E-state index contributed by atoms with van der Waals surface area (Å²) < 4.78 is 21.6. The Kier molecular flexibility index (Phi) is 10.7. The van der Waals surface area contributed by atoms with Crippen molar-refractivity contribution in [3.63, 3.8) is 0 Å². The molecule has 0 saturated carbocycles. The normalized spacial score (nSPS) is 10.8. The zero-order valence-corrected chi connectivity index (χ0v) is 12.9. The van der Waals surface area contributed by atoms with E-state index in [9.17, 15) is 0 Å². The summed E-state index contributed by atoms with van der Waals surface area (Å²) in [6.07, 6.45) is 0.869. The Labute approximate surface area is 127 Å². The van der Waals surface area contributed by atoms with Crippen LogP contribution in [0.25, 0.3) is 0 Å². The number of ether oxygens (including phenoxy) is 4. The lowest BCUT2D eigenvalue weighted by atomic mass is 10.2. The number of hydrogen-bond donors (Lipinski definition) is 1. The summed E-state index contributed by atoms with van der Waals surface area (Å²) in [4.78, 5) is 0. The van der Waals surface area contributed by atoms with Crippen molar-refractivity contribution in [3.05, 3.63) is 29.8 Å². The smallest absolute Gasteiger partial charge is 0.119 e. The molecule has 1 aromatic carbocycles. The summed E-state index contributed by atoms with van der Waals surface area (Å²) >= 11 is 0. The van der Waals surface area contributed by atoms with Gasteiger partial charge >= 0.3 is 0 Å². The van der Waals surface area contributed by atoms with E-state index in [0.717, 1.165) is 12.2 Å². The third-order valence-corrected chi connectivity index (χ3v) is 2.73. The maximum Gasteiger partial charge on any atom is 0.119 e. The van der Waals surface area contributed by atoms with Gasteiger partial charge in [0.2, 0.25) is 0 Å². The van der Waals surface area contributed by atoms with Crippen LogP contribution >= 0.6 is 0 Å². The summed E-state index contributed by atoms with van der Waals surface area (Å²) in [6, 6.07) is 8.05. The predicted octanol–water partition coefficient (Wildman–Crippen LogP) is 1.77. The first-order valence-corrected chi connectivity index (χ1v) is 7.45. The fourth-order valence-corrected chi connectivity index (χ4v) is 1.61. The third kappa shape index (κ3) is 10.3. The Balaban J connectivity index is 1.81. The average molecular weight is 297 g/mol. The van der Waals surface area contributed by atoms with Gasteiger partial charge in [0.1, 0.15) is 5.75 Å². The summed E-state index contributed by atoms with van der Waals surface area (Å²) in [7, 11) is 0. The molecule has 5 heteroatoms. The van der Waals surface area contributed by atoms with Crippen molar-refractivity contribution in [1.82, 2.24) is 0 Å². The Bertz CT molecular complexity index is 343. The highest BCUT2D eigenvalue weighted by Crippen LogP contribution is 2.11. The van der Waals surface area contributed by atoms with Crippen molar-refractivity contribution in [1.29, 1.82) is 0 Å². The van der Waals surface area contributed by atoms with Gasteiger partial charge in [-0.05, 0) is 19.1 Å². The molecule has 0 spiro atoms. The molecule has 0 saturated heterocycles. The van der Waals surface area contributed by atoms with Crippen LogP contribution in [0, 0.1) is 6.92 Å². The topological polar surface area (TPSA) is 62.9 Å². The molecule has 0 heterocycles. The zero-order chi connectivity index (χ0) is 15.2. The summed E-state index contributed by atoms with van der Waals surface area (Å²) in [5.41, 5.74) is 6.53. The molecule has 0 radical (unpaired) electrons. The van der Waals surface area contributed by atoms with Gasteiger partial charge in [-0.15, -0.1) is 0 Å². The molecule has 0 aliphatic heterocycles. The Morgan fingerprint density at radius 2 is 1.33 bits per heavy atom. The highest BCUT2D eigenvalue weighted by molar-refractivity contribution is 5.26. The van der Waals surface area contributed by atoms with Crippen LogP contribution in [0.15, 0.2) is 24.3 Å². The molecule has 2 N–H and O–H groups in total. The van der Waals surface area contributed by atoms with Gasteiger partial charge in [0, 0.05) is 19.6 Å². The summed E-state index contributed by atoms with van der Waals surface area (Å²) in [5.74, 6) is 0.904. The van der Waals surface area contributed by atoms with Crippen molar-refractivity contribution < 1.29 is 18.9 Å². The SMILES string of the molecule is Cc1ccc(OCCCOCCOCCOCCN)cc1. The molecule has 1 rings (SSSR count). The maximum absolute atomic E-state index is 5.61. The fraction of sp³-hybridized carbons (Fsp3) is 0.625. The highest BCUT2D eigenvalue weighted by Gasteiger charge is 1.94. The molecular formula is C16H27NO4. The van der Waals surface area contributed by atoms with Crippen molar-refractivity contribution in [2.75, 3.05) is 52.8 Å². The van der Waals surface area contributed by atoms with E-state index in [1.165, 1.54) is 5.56 Å². The molecule has 21 heavy (non-hydrogen) atoms. The van der Waals surface area contributed by atoms with Gasteiger partial charge in [-0.1, -0.05) is 17.7 Å². The lowest BCUT2D eigenvalue weighted by molar-refractivity contribution is 0.0141. The number of hydrogen-bond acceptors (Lipinski definition) is 5. The lowest BCUT2D eigenvalue weighted by Crippen LogP contribution is -2.14. The first-order valence-electron chi connectivity index (χ1n) is 7.45. The van der Waals surface area contributed by atoms with Gasteiger partial charge in [0.15, 0.2) is 0 Å². The quantitative estimate of drug-likeness (QED) is 0.562. The Morgan fingerprint density at radius 1 is 0.762 bits per heavy atom. The third-order valence-electron chi connectivity index (χ3n) is 2.73. The van der Waals surface area contributed by atoms with Gasteiger partial charge in [0.25, 0.3) is 0 Å². The number of nitrogens with two attached hydrogens (primary N) is 1. The van der Waals surface area contributed by atoms with E-state index in [-0.39, 0.29) is 0 Å². The lowest BCUT2D eigenvalue weighted by Gasteiger charge is -2.08. The minimum atomic E-state index is 0.549. The molecule has 0 bridgehead atoms. The van der Waals surface area contributed by atoms with Gasteiger partial charge in [0.05, 0.1) is 39.6 Å². The van der Waals surface area contributed by atoms with Gasteiger partial charge < -0.3 is 24.7 Å². The first-order chi connectivity index (χ1) is 10.3. The van der Waals surface area contributed by atoms with E-state index in [1.54, 1.807) is 0 Å². The van der Waals surface area contributed by atoms with E-state index in [4.69, 9.17) is 24.7 Å². The van der Waals surface area contributed by atoms with Crippen molar-refractivity contribution in [2.45, 2.75) is 13.3 Å². The average Bonchev–Trinajstić information content (AvgIpc) is 2.50.